The Morgan fingerprint density at radius 2 is 2.26 bits per heavy atom. The number of aromatic amines is 1. The zero-order chi connectivity index (χ0) is 13.7. The number of amides is 1. The third-order valence-electron chi connectivity index (χ3n) is 2.13. The Bertz CT molecular complexity index is 538. The molecule has 9 nitrogen and oxygen atoms in total. The van der Waals surface area contributed by atoms with Crippen LogP contribution < -0.4 is 10.6 Å². The number of rotatable bonds is 5. The molecule has 19 heavy (non-hydrogen) atoms. The number of hydrogen-bond donors (Lipinski definition) is 3. The summed E-state index contributed by atoms with van der Waals surface area (Å²) >= 11 is 0. The van der Waals surface area contributed by atoms with E-state index in [9.17, 15) is 4.79 Å². The lowest BCUT2D eigenvalue weighted by molar-refractivity contribution is 0.102. The van der Waals surface area contributed by atoms with Crippen LogP contribution in [0.5, 0.6) is 0 Å². The molecular formula is C10H14N8O. The third kappa shape index (κ3) is 3.69. The highest BCUT2D eigenvalue weighted by molar-refractivity contribution is 6.01. The van der Waals surface area contributed by atoms with Crippen LogP contribution in [0.25, 0.3) is 0 Å². The van der Waals surface area contributed by atoms with Crippen LogP contribution in [-0.4, -0.2) is 43.0 Å². The quantitative estimate of drug-likeness (QED) is 0.708. The Labute approximate surface area is 109 Å². The van der Waals surface area contributed by atoms with Gasteiger partial charge < -0.3 is 5.32 Å². The number of aromatic nitrogens is 6. The Morgan fingerprint density at radius 1 is 1.42 bits per heavy atom. The predicted octanol–water partition coefficient (Wildman–Crippen LogP) is 0.310. The van der Waals surface area contributed by atoms with Crippen molar-refractivity contribution < 1.29 is 4.79 Å². The second kappa shape index (κ2) is 5.85. The first-order chi connectivity index (χ1) is 9.15. The maximum atomic E-state index is 11.8. The fourth-order valence-corrected chi connectivity index (χ4v) is 1.25. The summed E-state index contributed by atoms with van der Waals surface area (Å²) in [6.07, 6.45) is 2.93. The minimum absolute atomic E-state index is 0.0901. The van der Waals surface area contributed by atoms with Crippen molar-refractivity contribution in [3.63, 3.8) is 0 Å². The van der Waals surface area contributed by atoms with Gasteiger partial charge in [-0.2, -0.15) is 5.21 Å². The molecule has 3 N–H and O–H groups in total. The lowest BCUT2D eigenvalue weighted by Gasteiger charge is -2.08. The van der Waals surface area contributed by atoms with Crippen LogP contribution in [0.4, 0.5) is 11.8 Å². The minimum Gasteiger partial charge on any atom is -0.369 e. The molecule has 0 unspecified atom stereocenters. The van der Waals surface area contributed by atoms with Gasteiger partial charge in [0.05, 0.1) is 12.4 Å². The van der Waals surface area contributed by atoms with E-state index in [0.29, 0.717) is 11.7 Å². The van der Waals surface area contributed by atoms with E-state index in [4.69, 9.17) is 0 Å². The van der Waals surface area contributed by atoms with Crippen LogP contribution in [0.3, 0.4) is 0 Å². The van der Waals surface area contributed by atoms with Crippen molar-refractivity contribution in [2.75, 3.05) is 17.2 Å². The summed E-state index contributed by atoms with van der Waals surface area (Å²) in [6.45, 7) is 4.91. The van der Waals surface area contributed by atoms with E-state index in [1.54, 1.807) is 6.20 Å². The summed E-state index contributed by atoms with van der Waals surface area (Å²) < 4.78 is 0. The lowest BCUT2D eigenvalue weighted by Crippen LogP contribution is -2.17. The van der Waals surface area contributed by atoms with E-state index in [1.165, 1.54) is 6.20 Å². The molecule has 0 saturated carbocycles. The number of tetrazole rings is 1. The molecule has 2 rings (SSSR count). The van der Waals surface area contributed by atoms with Gasteiger partial charge in [-0.3, -0.25) is 15.1 Å². The highest BCUT2D eigenvalue weighted by Crippen LogP contribution is 2.05. The van der Waals surface area contributed by atoms with Gasteiger partial charge >= 0.3 is 0 Å². The second-order valence-electron chi connectivity index (χ2n) is 4.25. The number of nitrogens with zero attached hydrogens (tertiary/aromatic N) is 5. The molecule has 0 aliphatic rings. The molecule has 0 bridgehead atoms. The summed E-state index contributed by atoms with van der Waals surface area (Å²) in [5, 5.41) is 18.4. The zero-order valence-electron chi connectivity index (χ0n) is 10.6. The van der Waals surface area contributed by atoms with E-state index in [0.717, 1.165) is 6.54 Å². The number of nitrogens with one attached hydrogen (secondary N) is 3. The average Bonchev–Trinajstić information content (AvgIpc) is 2.89. The van der Waals surface area contributed by atoms with Gasteiger partial charge in [-0.15, -0.1) is 5.10 Å². The molecule has 0 spiro atoms. The zero-order valence-corrected chi connectivity index (χ0v) is 10.6. The van der Waals surface area contributed by atoms with E-state index in [1.807, 2.05) is 0 Å². The maximum Gasteiger partial charge on any atom is 0.278 e. The van der Waals surface area contributed by atoms with Gasteiger partial charge in [-0.25, -0.2) is 4.98 Å². The fourth-order valence-electron chi connectivity index (χ4n) is 1.25. The van der Waals surface area contributed by atoms with Crippen molar-refractivity contribution in [2.45, 2.75) is 13.8 Å². The van der Waals surface area contributed by atoms with Crippen LogP contribution in [0.1, 0.15) is 24.3 Å². The topological polar surface area (TPSA) is 121 Å². The van der Waals surface area contributed by atoms with Gasteiger partial charge in [0.25, 0.3) is 11.9 Å². The van der Waals surface area contributed by atoms with E-state index >= 15 is 0 Å². The molecule has 0 aliphatic heterocycles. The molecule has 2 aromatic heterocycles. The van der Waals surface area contributed by atoms with Crippen LogP contribution in [-0.2, 0) is 0 Å². The van der Waals surface area contributed by atoms with E-state index in [-0.39, 0.29) is 11.6 Å². The molecule has 0 fully saturated rings. The van der Waals surface area contributed by atoms with Crippen LogP contribution in [0.2, 0.25) is 0 Å². The average molecular weight is 262 g/mol. The molecular weight excluding hydrogens is 248 g/mol. The maximum absolute atomic E-state index is 11.8. The van der Waals surface area contributed by atoms with Gasteiger partial charge in [-0.05, 0) is 11.1 Å². The van der Waals surface area contributed by atoms with Crippen molar-refractivity contribution in [1.82, 2.24) is 30.6 Å². The molecule has 0 saturated heterocycles. The molecule has 0 radical (unpaired) electrons. The Morgan fingerprint density at radius 3 is 2.95 bits per heavy atom. The fraction of sp³-hybridized carbons (Fsp3) is 0.400. The van der Waals surface area contributed by atoms with Crippen molar-refractivity contribution >= 4 is 17.7 Å². The van der Waals surface area contributed by atoms with Crippen LogP contribution in [0.15, 0.2) is 12.4 Å². The van der Waals surface area contributed by atoms with Crippen molar-refractivity contribution in [1.29, 1.82) is 0 Å². The normalized spacial score (nSPS) is 10.5. The second-order valence-corrected chi connectivity index (χ2v) is 4.25. The van der Waals surface area contributed by atoms with Crippen LogP contribution >= 0.6 is 0 Å². The third-order valence-corrected chi connectivity index (χ3v) is 2.13. The largest absolute Gasteiger partial charge is 0.369 e. The molecule has 2 heterocycles. The number of hydrogen-bond acceptors (Lipinski definition) is 7. The highest BCUT2D eigenvalue weighted by atomic mass is 16.2. The molecule has 0 atom stereocenters. The van der Waals surface area contributed by atoms with E-state index < -0.39 is 5.91 Å². The highest BCUT2D eigenvalue weighted by Gasteiger charge is 2.11. The number of H-pyrrole nitrogens is 1. The Kier molecular flexibility index (Phi) is 3.96. The first-order valence-electron chi connectivity index (χ1n) is 5.76. The molecule has 0 aliphatic carbocycles. The van der Waals surface area contributed by atoms with Crippen LogP contribution in [0, 0.1) is 5.92 Å². The van der Waals surface area contributed by atoms with Gasteiger partial charge in [-0.1, -0.05) is 18.9 Å². The minimum atomic E-state index is -0.443. The Hall–Kier alpha value is -2.58. The number of carbonyl (C=O) groups is 1. The summed E-state index contributed by atoms with van der Waals surface area (Å²) in [5.74, 6) is 0.669. The molecule has 100 valence electrons. The molecule has 9 heteroatoms. The number of anilines is 2. The Balaban J connectivity index is 2.03. The standard InChI is InChI=1S/C10H14N8O/c1-6(2)3-12-8-5-11-4-7(13-8)9(19)14-10-15-17-18-16-10/h4-6H,3H2,1-2H3,(H,12,13)(H2,14,15,16,17,18,19). The SMILES string of the molecule is CC(C)CNc1cncc(C(=O)Nc2nn[nH]n2)n1. The summed E-state index contributed by atoms with van der Waals surface area (Å²) in [7, 11) is 0. The smallest absolute Gasteiger partial charge is 0.278 e. The van der Waals surface area contributed by atoms with Gasteiger partial charge in [0, 0.05) is 6.54 Å². The summed E-state index contributed by atoms with van der Waals surface area (Å²) in [5.41, 5.74) is 0.179. The lowest BCUT2D eigenvalue weighted by atomic mass is 10.2. The monoisotopic (exact) mass is 262 g/mol. The van der Waals surface area contributed by atoms with Gasteiger partial charge in [0.15, 0.2) is 0 Å². The molecule has 1 amide bonds. The summed E-state index contributed by atoms with van der Waals surface area (Å²) in [4.78, 5) is 20.0. The summed E-state index contributed by atoms with van der Waals surface area (Å²) in [6, 6.07) is 0. The van der Waals surface area contributed by atoms with Gasteiger partial charge in [0.1, 0.15) is 11.5 Å². The van der Waals surface area contributed by atoms with Crippen molar-refractivity contribution in [2.24, 2.45) is 5.92 Å². The first-order valence-corrected chi connectivity index (χ1v) is 5.76. The van der Waals surface area contributed by atoms with Crippen molar-refractivity contribution in [3.8, 4) is 0 Å². The van der Waals surface area contributed by atoms with E-state index in [2.05, 4.69) is 55.1 Å². The first kappa shape index (κ1) is 12.9. The van der Waals surface area contributed by atoms with Crippen molar-refractivity contribution in [3.05, 3.63) is 18.1 Å². The predicted molar refractivity (Wildman–Crippen MR) is 67.5 cm³/mol. The number of carbonyl (C=O) groups excluding carboxylic acids is 1. The van der Waals surface area contributed by atoms with Gasteiger partial charge in [0.2, 0.25) is 0 Å². The molecule has 2 aromatic rings. The molecule has 0 aromatic carbocycles.